The zero-order chi connectivity index (χ0) is 16.1. The fraction of sp³-hybridized carbons (Fsp3) is 0.684. The van der Waals surface area contributed by atoms with Gasteiger partial charge in [0.25, 0.3) is 0 Å². The van der Waals surface area contributed by atoms with Gasteiger partial charge in [-0.1, -0.05) is 12.1 Å². The number of hydrogen-bond donors (Lipinski definition) is 1. The molecule has 0 atom stereocenters. The zero-order valence-electron chi connectivity index (χ0n) is 14.6. The first kappa shape index (κ1) is 16.7. The molecule has 0 aliphatic carbocycles. The number of likely N-dealkylation sites (tertiary alicyclic amines) is 1. The third-order valence-corrected chi connectivity index (χ3v) is 5.05. The summed E-state index contributed by atoms with van der Waals surface area (Å²) in [5, 5.41) is 3.40. The standard InChI is InChI=1S/C19H31N3O/c1-16(2)22-11-7-19(8-12-22)23-18-5-3-17(4-6-18)15-21-13-9-20-10-14-21/h3-6,16,19-20H,7-15H2,1-2H3. The number of ether oxygens (including phenoxy) is 1. The summed E-state index contributed by atoms with van der Waals surface area (Å²) in [7, 11) is 0. The number of benzene rings is 1. The smallest absolute Gasteiger partial charge is 0.119 e. The van der Waals surface area contributed by atoms with Gasteiger partial charge in [0, 0.05) is 51.9 Å². The number of piperazine rings is 1. The van der Waals surface area contributed by atoms with Gasteiger partial charge in [-0.3, -0.25) is 4.90 Å². The Kier molecular flexibility index (Phi) is 5.92. The molecule has 2 aliphatic rings. The van der Waals surface area contributed by atoms with Crippen LogP contribution in [0.1, 0.15) is 32.3 Å². The van der Waals surface area contributed by atoms with E-state index in [4.69, 9.17) is 4.74 Å². The molecule has 2 heterocycles. The van der Waals surface area contributed by atoms with E-state index in [9.17, 15) is 0 Å². The first-order valence-electron chi connectivity index (χ1n) is 9.13. The molecule has 4 nitrogen and oxygen atoms in total. The minimum Gasteiger partial charge on any atom is -0.490 e. The van der Waals surface area contributed by atoms with Gasteiger partial charge in [0.1, 0.15) is 11.9 Å². The van der Waals surface area contributed by atoms with Crippen LogP contribution in [0.25, 0.3) is 0 Å². The van der Waals surface area contributed by atoms with Gasteiger partial charge in [-0.2, -0.15) is 0 Å². The third kappa shape index (κ3) is 4.93. The summed E-state index contributed by atoms with van der Waals surface area (Å²) in [6.07, 6.45) is 2.66. The molecule has 2 aliphatic heterocycles. The van der Waals surface area contributed by atoms with E-state index in [1.165, 1.54) is 5.56 Å². The lowest BCUT2D eigenvalue weighted by molar-refractivity contribution is 0.0843. The fourth-order valence-corrected chi connectivity index (χ4v) is 3.50. The Hall–Kier alpha value is -1.10. The zero-order valence-corrected chi connectivity index (χ0v) is 14.6. The van der Waals surface area contributed by atoms with E-state index in [0.29, 0.717) is 12.1 Å². The van der Waals surface area contributed by atoms with Crippen molar-refractivity contribution >= 4 is 0 Å². The molecule has 23 heavy (non-hydrogen) atoms. The molecule has 0 aromatic heterocycles. The van der Waals surface area contributed by atoms with E-state index in [-0.39, 0.29) is 0 Å². The summed E-state index contributed by atoms with van der Waals surface area (Å²) in [6, 6.07) is 9.39. The molecule has 0 amide bonds. The highest BCUT2D eigenvalue weighted by Crippen LogP contribution is 2.21. The van der Waals surface area contributed by atoms with Crippen molar-refractivity contribution in [1.29, 1.82) is 0 Å². The summed E-state index contributed by atoms with van der Waals surface area (Å²) in [5.41, 5.74) is 1.38. The summed E-state index contributed by atoms with van der Waals surface area (Å²) >= 11 is 0. The predicted octanol–water partition coefficient (Wildman–Crippen LogP) is 2.34. The molecule has 3 rings (SSSR count). The lowest BCUT2D eigenvalue weighted by atomic mass is 10.1. The molecule has 0 bridgehead atoms. The number of nitrogens with one attached hydrogen (secondary N) is 1. The molecule has 0 saturated carbocycles. The first-order chi connectivity index (χ1) is 11.2. The van der Waals surface area contributed by atoms with Crippen molar-refractivity contribution in [2.24, 2.45) is 0 Å². The maximum atomic E-state index is 6.18. The molecule has 1 aromatic carbocycles. The summed E-state index contributed by atoms with van der Waals surface area (Å²) < 4.78 is 6.18. The highest BCUT2D eigenvalue weighted by atomic mass is 16.5. The van der Waals surface area contributed by atoms with Gasteiger partial charge in [-0.15, -0.1) is 0 Å². The SMILES string of the molecule is CC(C)N1CCC(Oc2ccc(CN3CCNCC3)cc2)CC1. The summed E-state index contributed by atoms with van der Waals surface area (Å²) in [5.74, 6) is 1.03. The molecule has 4 heteroatoms. The minimum atomic E-state index is 0.379. The van der Waals surface area contributed by atoms with Crippen molar-refractivity contribution in [1.82, 2.24) is 15.1 Å². The third-order valence-electron chi connectivity index (χ3n) is 5.05. The van der Waals surface area contributed by atoms with Crippen LogP contribution in [0.4, 0.5) is 0 Å². The maximum absolute atomic E-state index is 6.18. The molecule has 1 aromatic rings. The van der Waals surface area contributed by atoms with Crippen LogP contribution in [0.2, 0.25) is 0 Å². The van der Waals surface area contributed by atoms with Gasteiger partial charge in [0.15, 0.2) is 0 Å². The summed E-state index contributed by atoms with van der Waals surface area (Å²) in [4.78, 5) is 5.05. The maximum Gasteiger partial charge on any atom is 0.119 e. The van der Waals surface area contributed by atoms with Crippen molar-refractivity contribution in [3.8, 4) is 5.75 Å². The van der Waals surface area contributed by atoms with E-state index in [2.05, 4.69) is 53.2 Å². The highest BCUT2D eigenvalue weighted by molar-refractivity contribution is 5.27. The average Bonchev–Trinajstić information content (AvgIpc) is 2.58. The number of rotatable bonds is 5. The van der Waals surface area contributed by atoms with E-state index in [0.717, 1.165) is 64.4 Å². The Morgan fingerprint density at radius 3 is 2.30 bits per heavy atom. The Bertz CT molecular complexity index is 460. The van der Waals surface area contributed by atoms with E-state index in [1.54, 1.807) is 0 Å². The normalized spacial score (nSPS) is 21.7. The van der Waals surface area contributed by atoms with Crippen LogP contribution in [0.5, 0.6) is 5.75 Å². The van der Waals surface area contributed by atoms with E-state index >= 15 is 0 Å². The van der Waals surface area contributed by atoms with Crippen molar-refractivity contribution < 1.29 is 4.74 Å². The summed E-state index contributed by atoms with van der Waals surface area (Å²) in [6.45, 7) is 12.4. The quantitative estimate of drug-likeness (QED) is 0.902. The molecule has 0 unspecified atom stereocenters. The Morgan fingerprint density at radius 1 is 1.04 bits per heavy atom. The van der Waals surface area contributed by atoms with Crippen LogP contribution < -0.4 is 10.1 Å². The highest BCUT2D eigenvalue weighted by Gasteiger charge is 2.21. The van der Waals surface area contributed by atoms with Crippen molar-refractivity contribution in [3.05, 3.63) is 29.8 Å². The largest absolute Gasteiger partial charge is 0.490 e. The number of hydrogen-bond acceptors (Lipinski definition) is 4. The van der Waals surface area contributed by atoms with Crippen LogP contribution in [0, 0.1) is 0 Å². The number of nitrogens with zero attached hydrogens (tertiary/aromatic N) is 2. The molecular weight excluding hydrogens is 286 g/mol. The molecule has 1 N–H and O–H groups in total. The molecule has 128 valence electrons. The lowest BCUT2D eigenvalue weighted by Gasteiger charge is -2.34. The van der Waals surface area contributed by atoms with Crippen LogP contribution >= 0.6 is 0 Å². The van der Waals surface area contributed by atoms with Gasteiger partial charge in [0.2, 0.25) is 0 Å². The van der Waals surface area contributed by atoms with Gasteiger partial charge in [-0.05, 0) is 44.4 Å². The second-order valence-electron chi connectivity index (χ2n) is 7.12. The molecule has 2 saturated heterocycles. The Balaban J connectivity index is 1.46. The average molecular weight is 317 g/mol. The molecule has 0 spiro atoms. The first-order valence-corrected chi connectivity index (χ1v) is 9.13. The van der Waals surface area contributed by atoms with Crippen LogP contribution in [-0.4, -0.2) is 61.2 Å². The van der Waals surface area contributed by atoms with Crippen LogP contribution in [0.15, 0.2) is 24.3 Å². The lowest BCUT2D eigenvalue weighted by Crippen LogP contribution is -2.42. The fourth-order valence-electron chi connectivity index (χ4n) is 3.50. The van der Waals surface area contributed by atoms with Gasteiger partial charge >= 0.3 is 0 Å². The van der Waals surface area contributed by atoms with E-state index < -0.39 is 0 Å². The van der Waals surface area contributed by atoms with Crippen molar-refractivity contribution in [2.45, 2.75) is 45.4 Å². The van der Waals surface area contributed by atoms with Gasteiger partial charge in [0.05, 0.1) is 0 Å². The minimum absolute atomic E-state index is 0.379. The van der Waals surface area contributed by atoms with Crippen LogP contribution in [0.3, 0.4) is 0 Å². The topological polar surface area (TPSA) is 27.7 Å². The Morgan fingerprint density at radius 2 is 1.70 bits per heavy atom. The predicted molar refractivity (Wildman–Crippen MR) is 94.9 cm³/mol. The van der Waals surface area contributed by atoms with E-state index in [1.807, 2.05) is 0 Å². The van der Waals surface area contributed by atoms with Crippen LogP contribution in [-0.2, 0) is 6.54 Å². The van der Waals surface area contributed by atoms with Gasteiger partial charge < -0.3 is 15.0 Å². The number of piperidine rings is 1. The molecular formula is C19H31N3O. The van der Waals surface area contributed by atoms with Crippen molar-refractivity contribution in [3.63, 3.8) is 0 Å². The van der Waals surface area contributed by atoms with Crippen molar-refractivity contribution in [2.75, 3.05) is 39.3 Å². The van der Waals surface area contributed by atoms with Gasteiger partial charge in [-0.25, -0.2) is 0 Å². The molecule has 0 radical (unpaired) electrons. The molecule has 2 fully saturated rings. The second kappa shape index (κ2) is 8.13. The second-order valence-corrected chi connectivity index (χ2v) is 7.12. The Labute approximate surface area is 140 Å². The monoisotopic (exact) mass is 317 g/mol.